The minimum absolute atomic E-state index is 0.206. The Morgan fingerprint density at radius 2 is 1.75 bits per heavy atom. The van der Waals surface area contributed by atoms with Crippen LogP contribution in [0.4, 0.5) is 8.78 Å². The number of carboxylic acids is 1. The summed E-state index contributed by atoms with van der Waals surface area (Å²) in [4.78, 5) is 18.0. The van der Waals surface area contributed by atoms with Gasteiger partial charge in [-0.1, -0.05) is 23.4 Å². The number of hydrogen-bond acceptors (Lipinski definition) is 5. The van der Waals surface area contributed by atoms with E-state index in [1.165, 1.54) is 17.2 Å². The van der Waals surface area contributed by atoms with Crippen molar-refractivity contribution in [3.8, 4) is 34.0 Å². The SMILES string of the molecule is Cc1cc(-c2nc(-c3ccc4c(c3)CN([C@H]3C[C@H](C(=O)O)C3)C4)no2)ccc1-c1cc(F)ccc1F. The van der Waals surface area contributed by atoms with Gasteiger partial charge < -0.3 is 9.63 Å². The number of aliphatic carboxylic acids is 1. The molecule has 1 fully saturated rings. The first-order valence-electron chi connectivity index (χ1n) is 11.8. The summed E-state index contributed by atoms with van der Waals surface area (Å²) in [5, 5.41) is 13.3. The molecule has 2 heterocycles. The van der Waals surface area contributed by atoms with Crippen molar-refractivity contribution in [1.29, 1.82) is 0 Å². The lowest BCUT2D eigenvalue weighted by Crippen LogP contribution is -2.44. The normalized spacial score (nSPS) is 19.2. The van der Waals surface area contributed by atoms with Crippen LogP contribution in [-0.2, 0) is 17.9 Å². The number of carboxylic acid groups (broad SMARTS) is 1. The maximum absolute atomic E-state index is 14.3. The van der Waals surface area contributed by atoms with Gasteiger partial charge >= 0.3 is 5.97 Å². The highest BCUT2D eigenvalue weighted by atomic mass is 19.1. The lowest BCUT2D eigenvalue weighted by Gasteiger charge is -2.39. The fourth-order valence-corrected chi connectivity index (χ4v) is 5.17. The Hall–Kier alpha value is -3.91. The lowest BCUT2D eigenvalue weighted by molar-refractivity contribution is -0.147. The quantitative estimate of drug-likeness (QED) is 0.381. The molecule has 1 aliphatic carbocycles. The molecule has 182 valence electrons. The van der Waals surface area contributed by atoms with Gasteiger partial charge in [-0.3, -0.25) is 9.69 Å². The van der Waals surface area contributed by atoms with Gasteiger partial charge in [0.25, 0.3) is 5.89 Å². The van der Waals surface area contributed by atoms with Crippen LogP contribution < -0.4 is 0 Å². The van der Waals surface area contributed by atoms with Crippen molar-refractivity contribution in [1.82, 2.24) is 15.0 Å². The molecule has 6 nitrogen and oxygen atoms in total. The van der Waals surface area contributed by atoms with E-state index in [0.717, 1.165) is 36.3 Å². The van der Waals surface area contributed by atoms with Gasteiger partial charge in [-0.2, -0.15) is 4.98 Å². The Morgan fingerprint density at radius 3 is 2.53 bits per heavy atom. The molecule has 1 aromatic heterocycles. The van der Waals surface area contributed by atoms with Crippen LogP contribution in [0, 0.1) is 24.5 Å². The van der Waals surface area contributed by atoms with E-state index in [-0.39, 0.29) is 11.5 Å². The second-order valence-corrected chi connectivity index (χ2v) is 9.63. The fourth-order valence-electron chi connectivity index (χ4n) is 5.17. The summed E-state index contributed by atoms with van der Waals surface area (Å²) in [5.41, 5.74) is 5.52. The molecule has 8 heteroatoms. The van der Waals surface area contributed by atoms with Gasteiger partial charge in [0.2, 0.25) is 5.82 Å². The first-order valence-corrected chi connectivity index (χ1v) is 11.8. The molecule has 1 saturated carbocycles. The van der Waals surface area contributed by atoms with Gasteiger partial charge in [0.05, 0.1) is 5.92 Å². The van der Waals surface area contributed by atoms with Gasteiger partial charge in [-0.05, 0) is 78.4 Å². The van der Waals surface area contributed by atoms with Crippen molar-refractivity contribution >= 4 is 5.97 Å². The van der Waals surface area contributed by atoms with Crippen molar-refractivity contribution in [2.45, 2.75) is 38.9 Å². The smallest absolute Gasteiger partial charge is 0.306 e. The number of nitrogens with zero attached hydrogens (tertiary/aromatic N) is 3. The number of carbonyl (C=O) groups is 1. The molecule has 4 aromatic rings. The van der Waals surface area contributed by atoms with Gasteiger partial charge in [-0.15, -0.1) is 0 Å². The van der Waals surface area contributed by atoms with E-state index in [1.54, 1.807) is 12.1 Å². The van der Waals surface area contributed by atoms with Crippen LogP contribution in [-0.4, -0.2) is 32.2 Å². The second kappa shape index (κ2) is 8.64. The van der Waals surface area contributed by atoms with E-state index in [0.29, 0.717) is 41.7 Å². The van der Waals surface area contributed by atoms with Gasteiger partial charge in [0.1, 0.15) is 11.6 Å². The molecule has 0 saturated heterocycles. The predicted octanol–water partition coefficient (Wildman–Crippen LogP) is 5.84. The summed E-state index contributed by atoms with van der Waals surface area (Å²) in [5.74, 6) is -1.09. The summed E-state index contributed by atoms with van der Waals surface area (Å²) >= 11 is 0. The summed E-state index contributed by atoms with van der Waals surface area (Å²) in [6, 6.07) is 15.1. The first-order chi connectivity index (χ1) is 17.4. The molecular weight excluding hydrogens is 464 g/mol. The molecule has 0 atom stereocenters. The minimum Gasteiger partial charge on any atom is -0.481 e. The number of aryl methyl sites for hydroxylation is 1. The Labute approximate surface area is 206 Å². The standard InChI is InChI=1S/C28H23F2N3O3/c1-15-8-17(4-6-23(15)24-12-21(29)5-7-25(24)30)27-31-26(32-36-27)16-2-3-18-13-33(14-20(18)9-16)22-10-19(11-22)28(34)35/h2-9,12,19,22H,10-11,13-14H2,1H3,(H,34,35)/t19-,22-. The topological polar surface area (TPSA) is 79.5 Å². The predicted molar refractivity (Wildman–Crippen MR) is 129 cm³/mol. The van der Waals surface area contributed by atoms with Gasteiger partial charge in [0.15, 0.2) is 0 Å². The maximum atomic E-state index is 14.3. The summed E-state index contributed by atoms with van der Waals surface area (Å²) in [7, 11) is 0. The van der Waals surface area contributed by atoms with E-state index >= 15 is 0 Å². The minimum atomic E-state index is -0.705. The van der Waals surface area contributed by atoms with E-state index in [9.17, 15) is 13.6 Å². The van der Waals surface area contributed by atoms with Crippen molar-refractivity contribution in [3.63, 3.8) is 0 Å². The highest BCUT2D eigenvalue weighted by molar-refractivity contribution is 5.72. The van der Waals surface area contributed by atoms with Crippen LogP contribution in [0.1, 0.15) is 29.5 Å². The molecule has 1 aliphatic heterocycles. The Balaban J connectivity index is 1.20. The number of hydrogen-bond donors (Lipinski definition) is 1. The fraction of sp³-hybridized carbons (Fsp3) is 0.250. The third-order valence-electron chi connectivity index (χ3n) is 7.31. The van der Waals surface area contributed by atoms with Gasteiger partial charge in [0, 0.05) is 35.8 Å². The van der Waals surface area contributed by atoms with E-state index < -0.39 is 17.6 Å². The van der Waals surface area contributed by atoms with Gasteiger partial charge in [-0.25, -0.2) is 8.78 Å². The monoisotopic (exact) mass is 487 g/mol. The van der Waals surface area contributed by atoms with Crippen LogP contribution in [0.3, 0.4) is 0 Å². The Kier molecular flexibility index (Phi) is 5.41. The molecule has 6 rings (SSSR count). The largest absolute Gasteiger partial charge is 0.481 e. The number of aromatic nitrogens is 2. The van der Waals surface area contributed by atoms with Crippen molar-refractivity contribution in [3.05, 3.63) is 82.9 Å². The van der Waals surface area contributed by atoms with Crippen molar-refractivity contribution < 1.29 is 23.2 Å². The molecule has 3 aromatic carbocycles. The molecule has 36 heavy (non-hydrogen) atoms. The number of halogens is 2. The van der Waals surface area contributed by atoms with Crippen LogP contribution in [0.15, 0.2) is 59.1 Å². The molecule has 2 aliphatic rings. The molecule has 0 bridgehead atoms. The van der Waals surface area contributed by atoms with Crippen LogP contribution in [0.5, 0.6) is 0 Å². The summed E-state index contributed by atoms with van der Waals surface area (Å²) in [6.07, 6.45) is 1.41. The zero-order chi connectivity index (χ0) is 25.0. The number of benzene rings is 3. The van der Waals surface area contributed by atoms with Crippen molar-refractivity contribution in [2.24, 2.45) is 5.92 Å². The zero-order valence-corrected chi connectivity index (χ0v) is 19.5. The highest BCUT2D eigenvalue weighted by Crippen LogP contribution is 2.38. The summed E-state index contributed by atoms with van der Waals surface area (Å²) in [6.45, 7) is 3.43. The average Bonchev–Trinajstić information content (AvgIpc) is 3.46. The number of rotatable bonds is 5. The average molecular weight is 488 g/mol. The van der Waals surface area contributed by atoms with E-state index in [1.807, 2.05) is 19.1 Å². The van der Waals surface area contributed by atoms with Crippen molar-refractivity contribution in [2.75, 3.05) is 0 Å². The van der Waals surface area contributed by atoms with Crippen LogP contribution in [0.25, 0.3) is 34.0 Å². The van der Waals surface area contributed by atoms with Crippen LogP contribution in [0.2, 0.25) is 0 Å². The molecular formula is C28H23F2N3O3. The lowest BCUT2D eigenvalue weighted by atomic mass is 9.79. The Morgan fingerprint density at radius 1 is 0.972 bits per heavy atom. The Bertz CT molecular complexity index is 1490. The molecule has 0 unspecified atom stereocenters. The first kappa shape index (κ1) is 22.5. The van der Waals surface area contributed by atoms with Crippen LogP contribution >= 0.6 is 0 Å². The van der Waals surface area contributed by atoms with E-state index in [2.05, 4.69) is 27.2 Å². The zero-order valence-electron chi connectivity index (χ0n) is 19.5. The summed E-state index contributed by atoms with van der Waals surface area (Å²) < 4.78 is 33.4. The highest BCUT2D eigenvalue weighted by Gasteiger charge is 2.39. The molecule has 0 spiro atoms. The molecule has 1 N–H and O–H groups in total. The van der Waals surface area contributed by atoms with E-state index in [4.69, 9.17) is 9.63 Å². The second-order valence-electron chi connectivity index (χ2n) is 9.63. The number of fused-ring (bicyclic) bond motifs is 1. The molecule has 0 amide bonds. The third kappa shape index (κ3) is 3.97. The maximum Gasteiger partial charge on any atom is 0.306 e. The third-order valence-corrected chi connectivity index (χ3v) is 7.31. The molecule has 0 radical (unpaired) electrons.